The van der Waals surface area contributed by atoms with Crippen molar-refractivity contribution in [2.75, 3.05) is 20.6 Å². The maximum atomic E-state index is 12.4. The zero-order valence-corrected chi connectivity index (χ0v) is 19.0. The molecule has 0 amide bonds. The molecule has 1 atom stereocenters. The van der Waals surface area contributed by atoms with E-state index >= 15 is 0 Å². The van der Waals surface area contributed by atoms with E-state index in [1.807, 2.05) is 25.5 Å². The second-order valence-corrected chi connectivity index (χ2v) is 9.42. The van der Waals surface area contributed by atoms with Crippen molar-refractivity contribution in [3.63, 3.8) is 0 Å². The Morgan fingerprint density at radius 1 is 1.37 bits per heavy atom. The number of rotatable bonds is 8. The van der Waals surface area contributed by atoms with Crippen LogP contribution in [0.3, 0.4) is 0 Å². The summed E-state index contributed by atoms with van der Waals surface area (Å²) in [6, 6.07) is 4.14. The van der Waals surface area contributed by atoms with Crippen LogP contribution >= 0.6 is 0 Å². The number of fused-ring (bicyclic) bond motifs is 1. The monoisotopic (exact) mass is 406 g/mol. The van der Waals surface area contributed by atoms with Crippen LogP contribution in [0.4, 0.5) is 0 Å². The van der Waals surface area contributed by atoms with Gasteiger partial charge in [0.25, 0.3) is 0 Å². The lowest BCUT2D eigenvalue weighted by molar-refractivity contribution is -0.111. The molecule has 0 aliphatic heterocycles. The maximum Gasteiger partial charge on any atom is 0.188 e. The average molecular weight is 407 g/mol. The van der Waals surface area contributed by atoms with Crippen molar-refractivity contribution in [2.45, 2.75) is 45.6 Å². The normalized spacial score (nSPS) is 20.6. The average Bonchev–Trinajstić information content (AvgIpc) is 3.22. The van der Waals surface area contributed by atoms with Crippen molar-refractivity contribution in [1.29, 1.82) is 0 Å². The van der Waals surface area contributed by atoms with Gasteiger partial charge in [0, 0.05) is 62.0 Å². The van der Waals surface area contributed by atoms with Crippen LogP contribution in [-0.4, -0.2) is 40.9 Å². The Hall–Kier alpha value is -2.82. The number of allylic oxidation sites excluding steroid dienone is 2. The molecule has 160 valence electrons. The first-order chi connectivity index (χ1) is 14.1. The molecule has 30 heavy (non-hydrogen) atoms. The van der Waals surface area contributed by atoms with Gasteiger partial charge in [-0.25, -0.2) is 4.98 Å². The summed E-state index contributed by atoms with van der Waals surface area (Å²) in [5.41, 5.74) is 3.41. The summed E-state index contributed by atoms with van der Waals surface area (Å²) in [7, 11) is 3.76. The standard InChI is InChI=1S/C25H34N4O/c1-18-15-29(23-21(18)9-8-13-27-23)25(12-11-24(4,5)16-25)17-28(7)14-10-22(30)19(2)20(3)26-6/h8-10,13-15,26H,2-3,11-12,16-17H2,1,4-7H3/b14-10-. The van der Waals surface area contributed by atoms with Gasteiger partial charge in [-0.1, -0.05) is 27.0 Å². The molecule has 1 aliphatic rings. The zero-order chi connectivity index (χ0) is 22.1. The van der Waals surface area contributed by atoms with Gasteiger partial charge in [0.1, 0.15) is 5.65 Å². The van der Waals surface area contributed by atoms with E-state index in [-0.39, 0.29) is 16.7 Å². The molecule has 2 aromatic rings. The van der Waals surface area contributed by atoms with Crippen molar-refractivity contribution in [3.05, 3.63) is 66.8 Å². The summed E-state index contributed by atoms with van der Waals surface area (Å²) in [4.78, 5) is 19.2. The minimum atomic E-state index is -0.133. The van der Waals surface area contributed by atoms with E-state index in [0.717, 1.165) is 31.5 Å². The van der Waals surface area contributed by atoms with Crippen LogP contribution in [0.5, 0.6) is 0 Å². The minimum Gasteiger partial charge on any atom is -0.388 e. The van der Waals surface area contributed by atoms with Crippen molar-refractivity contribution < 1.29 is 4.79 Å². The molecular weight excluding hydrogens is 372 g/mol. The van der Waals surface area contributed by atoms with Gasteiger partial charge in [-0.15, -0.1) is 0 Å². The molecule has 0 radical (unpaired) electrons. The molecule has 5 nitrogen and oxygen atoms in total. The number of aromatic nitrogens is 2. The largest absolute Gasteiger partial charge is 0.388 e. The Morgan fingerprint density at radius 3 is 2.73 bits per heavy atom. The summed E-state index contributed by atoms with van der Waals surface area (Å²) in [5.74, 6) is -0.133. The first-order valence-corrected chi connectivity index (χ1v) is 10.5. The van der Waals surface area contributed by atoms with Crippen molar-refractivity contribution in [1.82, 2.24) is 19.8 Å². The van der Waals surface area contributed by atoms with Gasteiger partial charge in [-0.05, 0) is 49.3 Å². The molecule has 1 saturated carbocycles. The fourth-order valence-electron chi connectivity index (χ4n) is 4.75. The third-order valence-electron chi connectivity index (χ3n) is 6.34. The molecule has 0 aromatic carbocycles. The van der Waals surface area contributed by atoms with Gasteiger partial charge in [-0.2, -0.15) is 0 Å². The van der Waals surface area contributed by atoms with E-state index in [4.69, 9.17) is 4.98 Å². The molecule has 3 rings (SSSR count). The topological polar surface area (TPSA) is 50.2 Å². The highest BCUT2D eigenvalue weighted by Gasteiger charge is 2.45. The fraction of sp³-hybridized carbons (Fsp3) is 0.440. The van der Waals surface area contributed by atoms with Crippen LogP contribution in [0.1, 0.15) is 38.7 Å². The Balaban J connectivity index is 1.90. The van der Waals surface area contributed by atoms with Gasteiger partial charge < -0.3 is 14.8 Å². The second kappa shape index (κ2) is 8.13. The van der Waals surface area contributed by atoms with Crippen molar-refractivity contribution >= 4 is 16.8 Å². The Labute approximate surface area is 180 Å². The third kappa shape index (κ3) is 4.20. The number of aryl methyl sites for hydroxylation is 1. The number of nitrogens with zero attached hydrogens (tertiary/aromatic N) is 3. The summed E-state index contributed by atoms with van der Waals surface area (Å²) < 4.78 is 2.39. The quantitative estimate of drug-likeness (QED) is 0.516. The lowest BCUT2D eigenvalue weighted by Gasteiger charge is -2.36. The highest BCUT2D eigenvalue weighted by atomic mass is 16.1. The summed E-state index contributed by atoms with van der Waals surface area (Å²) in [5, 5.41) is 4.08. The number of ketones is 1. The Kier molecular flexibility index (Phi) is 5.93. The molecule has 1 aliphatic carbocycles. The van der Waals surface area contributed by atoms with Gasteiger partial charge in [-0.3, -0.25) is 4.79 Å². The number of likely N-dealkylation sites (N-methyl/N-ethyl adjacent to an activating group) is 2. The van der Waals surface area contributed by atoms with Crippen LogP contribution in [0, 0.1) is 12.3 Å². The minimum absolute atomic E-state index is 0.0713. The number of carbonyl (C=O) groups is 1. The molecule has 0 spiro atoms. The Morgan fingerprint density at radius 2 is 2.10 bits per heavy atom. The van der Waals surface area contributed by atoms with E-state index in [1.54, 1.807) is 13.1 Å². The van der Waals surface area contributed by atoms with Crippen LogP contribution in [-0.2, 0) is 10.3 Å². The first-order valence-electron chi connectivity index (χ1n) is 10.5. The highest BCUT2D eigenvalue weighted by molar-refractivity contribution is 6.06. The fourth-order valence-corrected chi connectivity index (χ4v) is 4.75. The lowest BCUT2D eigenvalue weighted by atomic mass is 9.87. The molecule has 1 fully saturated rings. The molecular formula is C25H34N4O. The molecule has 5 heteroatoms. The molecule has 0 saturated heterocycles. The smallest absolute Gasteiger partial charge is 0.188 e. The van der Waals surface area contributed by atoms with E-state index in [0.29, 0.717) is 11.3 Å². The Bertz CT molecular complexity index is 1010. The second-order valence-electron chi connectivity index (χ2n) is 9.42. The summed E-state index contributed by atoms with van der Waals surface area (Å²) in [6.45, 7) is 15.3. The summed E-state index contributed by atoms with van der Waals surface area (Å²) in [6.07, 6.45) is 10.9. The highest BCUT2D eigenvalue weighted by Crippen LogP contribution is 2.49. The molecule has 2 heterocycles. The molecule has 1 unspecified atom stereocenters. The van der Waals surface area contributed by atoms with Crippen LogP contribution in [0.25, 0.3) is 11.0 Å². The number of pyridine rings is 1. The van der Waals surface area contributed by atoms with E-state index < -0.39 is 0 Å². The van der Waals surface area contributed by atoms with Gasteiger partial charge >= 0.3 is 0 Å². The van der Waals surface area contributed by atoms with E-state index in [9.17, 15) is 4.79 Å². The van der Waals surface area contributed by atoms with Crippen LogP contribution in [0.15, 0.2) is 61.2 Å². The van der Waals surface area contributed by atoms with Gasteiger partial charge in [0.2, 0.25) is 0 Å². The van der Waals surface area contributed by atoms with E-state index in [1.165, 1.54) is 10.9 Å². The number of nitrogens with one attached hydrogen (secondary N) is 1. The molecule has 2 aromatic heterocycles. The van der Waals surface area contributed by atoms with Gasteiger partial charge in [0.15, 0.2) is 5.78 Å². The van der Waals surface area contributed by atoms with Crippen molar-refractivity contribution in [2.24, 2.45) is 5.41 Å². The first kappa shape index (κ1) is 21.9. The summed E-state index contributed by atoms with van der Waals surface area (Å²) >= 11 is 0. The van der Waals surface area contributed by atoms with Crippen LogP contribution < -0.4 is 5.32 Å². The maximum absolute atomic E-state index is 12.4. The number of hydrogen-bond acceptors (Lipinski definition) is 4. The molecule has 0 bridgehead atoms. The number of carbonyl (C=O) groups excluding carboxylic acids is 1. The third-order valence-corrected chi connectivity index (χ3v) is 6.34. The number of hydrogen-bond donors (Lipinski definition) is 1. The molecule has 1 N–H and O–H groups in total. The predicted molar refractivity (Wildman–Crippen MR) is 124 cm³/mol. The lowest BCUT2D eigenvalue weighted by Crippen LogP contribution is -2.41. The van der Waals surface area contributed by atoms with Crippen molar-refractivity contribution in [3.8, 4) is 0 Å². The zero-order valence-electron chi connectivity index (χ0n) is 19.0. The SMILES string of the molecule is C=C(NC)C(=C)C(=O)/C=C\N(C)CC1(n2cc(C)c3cccnc32)CCC(C)(C)C1. The van der Waals surface area contributed by atoms with Crippen LogP contribution in [0.2, 0.25) is 0 Å². The van der Waals surface area contributed by atoms with Gasteiger partial charge in [0.05, 0.1) is 5.54 Å². The van der Waals surface area contributed by atoms with E-state index in [2.05, 4.69) is 61.0 Å². The predicted octanol–water partition coefficient (Wildman–Crippen LogP) is 4.55.